The molecule has 2 atom stereocenters. The largest absolute Gasteiger partial charge is 0.382 e. The number of carbonyl (C=O) groups is 1. The van der Waals surface area contributed by atoms with Gasteiger partial charge in [0.2, 0.25) is 5.91 Å². The molecule has 1 saturated heterocycles. The predicted octanol–water partition coefficient (Wildman–Crippen LogP) is 0.809. The Kier molecular flexibility index (Phi) is 5.27. The van der Waals surface area contributed by atoms with Gasteiger partial charge in [0.05, 0.1) is 19.3 Å². The highest BCUT2D eigenvalue weighted by Gasteiger charge is 2.40. The molecule has 1 aromatic rings. The molecule has 0 unspecified atom stereocenters. The van der Waals surface area contributed by atoms with E-state index in [-0.39, 0.29) is 24.6 Å². The van der Waals surface area contributed by atoms with E-state index in [2.05, 4.69) is 21.7 Å². The number of aryl methyl sites for hydroxylation is 1. The van der Waals surface area contributed by atoms with Crippen LogP contribution in [-0.2, 0) is 33.7 Å². The summed E-state index contributed by atoms with van der Waals surface area (Å²) in [5, 5.41) is 8.70. The minimum atomic E-state index is 0.0874. The molecule has 1 amide bonds. The fraction of sp³-hybridized carbons (Fsp3) is 0.812. The van der Waals surface area contributed by atoms with Gasteiger partial charge in [-0.25, -0.2) is 0 Å². The number of carbonyl (C=O) groups excluding carboxylic acids is 1. The molecule has 0 spiro atoms. The first-order valence-electron chi connectivity index (χ1n) is 8.53. The summed E-state index contributed by atoms with van der Waals surface area (Å²) in [4.78, 5) is 14.6. The molecular formula is C16H26N4O3. The SMILES string of the molecule is CCCc1nnc2n1C[C@H]1CC[C@@H](C2)N1C(=O)COCCOC. The van der Waals surface area contributed by atoms with Gasteiger partial charge < -0.3 is 18.9 Å². The first-order valence-corrected chi connectivity index (χ1v) is 8.53. The molecule has 0 aromatic carbocycles. The molecule has 1 fully saturated rings. The Bertz CT molecular complexity index is 545. The quantitative estimate of drug-likeness (QED) is 0.695. The lowest BCUT2D eigenvalue weighted by Crippen LogP contribution is -2.44. The van der Waals surface area contributed by atoms with Crippen molar-refractivity contribution < 1.29 is 14.3 Å². The van der Waals surface area contributed by atoms with E-state index in [1.807, 2.05) is 4.90 Å². The second kappa shape index (κ2) is 7.40. The van der Waals surface area contributed by atoms with E-state index in [1.54, 1.807) is 7.11 Å². The maximum Gasteiger partial charge on any atom is 0.249 e. The Morgan fingerprint density at radius 3 is 2.87 bits per heavy atom. The van der Waals surface area contributed by atoms with Crippen molar-refractivity contribution in [3.63, 3.8) is 0 Å². The van der Waals surface area contributed by atoms with E-state index < -0.39 is 0 Å². The maximum absolute atomic E-state index is 12.6. The average molecular weight is 322 g/mol. The van der Waals surface area contributed by atoms with Gasteiger partial charge in [0.15, 0.2) is 0 Å². The molecule has 3 rings (SSSR count). The predicted molar refractivity (Wildman–Crippen MR) is 84.1 cm³/mol. The van der Waals surface area contributed by atoms with Crippen LogP contribution in [0.25, 0.3) is 0 Å². The highest BCUT2D eigenvalue weighted by molar-refractivity contribution is 5.78. The van der Waals surface area contributed by atoms with Crippen LogP contribution < -0.4 is 0 Å². The van der Waals surface area contributed by atoms with E-state index in [0.717, 1.165) is 50.3 Å². The Labute approximate surface area is 137 Å². The minimum absolute atomic E-state index is 0.0874. The van der Waals surface area contributed by atoms with Crippen LogP contribution in [0.5, 0.6) is 0 Å². The number of ether oxygens (including phenoxy) is 2. The number of hydrogen-bond acceptors (Lipinski definition) is 5. The summed E-state index contributed by atoms with van der Waals surface area (Å²) in [7, 11) is 1.63. The molecule has 7 heteroatoms. The molecule has 2 aliphatic heterocycles. The highest BCUT2D eigenvalue weighted by Crippen LogP contribution is 2.31. The lowest BCUT2D eigenvalue weighted by Gasteiger charge is -2.28. The highest BCUT2D eigenvalue weighted by atomic mass is 16.5. The zero-order valence-corrected chi connectivity index (χ0v) is 14.0. The van der Waals surface area contributed by atoms with Crippen LogP contribution in [0.15, 0.2) is 0 Å². The molecule has 1 aromatic heterocycles. The first-order chi connectivity index (χ1) is 11.2. The zero-order chi connectivity index (χ0) is 16.2. The molecule has 2 bridgehead atoms. The summed E-state index contributed by atoms with van der Waals surface area (Å²) in [6.07, 6.45) is 4.90. The second-order valence-electron chi connectivity index (χ2n) is 6.33. The lowest BCUT2D eigenvalue weighted by atomic mass is 10.1. The third-order valence-electron chi connectivity index (χ3n) is 4.75. The van der Waals surface area contributed by atoms with Crippen molar-refractivity contribution in [2.75, 3.05) is 26.9 Å². The zero-order valence-electron chi connectivity index (χ0n) is 14.0. The van der Waals surface area contributed by atoms with Gasteiger partial charge in [-0.3, -0.25) is 4.79 Å². The number of fused-ring (bicyclic) bond motifs is 3. The summed E-state index contributed by atoms with van der Waals surface area (Å²) >= 11 is 0. The monoisotopic (exact) mass is 322 g/mol. The van der Waals surface area contributed by atoms with Crippen molar-refractivity contribution in [1.82, 2.24) is 19.7 Å². The van der Waals surface area contributed by atoms with E-state index >= 15 is 0 Å². The number of methoxy groups -OCH3 is 1. The summed E-state index contributed by atoms with van der Waals surface area (Å²) in [5.74, 6) is 2.17. The van der Waals surface area contributed by atoms with Crippen LogP contribution in [0, 0.1) is 0 Å². The molecule has 0 aliphatic carbocycles. The molecule has 0 N–H and O–H groups in total. The van der Waals surface area contributed by atoms with E-state index in [0.29, 0.717) is 13.2 Å². The smallest absolute Gasteiger partial charge is 0.249 e. The first kappa shape index (κ1) is 16.4. The minimum Gasteiger partial charge on any atom is -0.382 e. The van der Waals surface area contributed by atoms with Crippen LogP contribution in [0.4, 0.5) is 0 Å². The van der Waals surface area contributed by atoms with Crippen LogP contribution >= 0.6 is 0 Å². The third kappa shape index (κ3) is 3.40. The normalized spacial score (nSPS) is 23.0. The lowest BCUT2D eigenvalue weighted by molar-refractivity contribution is -0.139. The number of rotatable bonds is 7. The molecule has 2 aliphatic rings. The van der Waals surface area contributed by atoms with Gasteiger partial charge in [-0.15, -0.1) is 10.2 Å². The van der Waals surface area contributed by atoms with Gasteiger partial charge in [-0.2, -0.15) is 0 Å². The molecule has 3 heterocycles. The molecule has 7 nitrogen and oxygen atoms in total. The molecule has 23 heavy (non-hydrogen) atoms. The van der Waals surface area contributed by atoms with Crippen LogP contribution in [0.1, 0.15) is 37.8 Å². The van der Waals surface area contributed by atoms with Gasteiger partial charge in [0.25, 0.3) is 0 Å². The Hall–Kier alpha value is -1.47. The van der Waals surface area contributed by atoms with Crippen LogP contribution in [0.3, 0.4) is 0 Å². The van der Waals surface area contributed by atoms with E-state index in [4.69, 9.17) is 9.47 Å². The molecule has 128 valence electrons. The molecule has 0 radical (unpaired) electrons. The van der Waals surface area contributed by atoms with Crippen molar-refractivity contribution >= 4 is 5.91 Å². The van der Waals surface area contributed by atoms with Gasteiger partial charge in [-0.05, 0) is 19.3 Å². The van der Waals surface area contributed by atoms with Crippen molar-refractivity contribution in [2.45, 2.75) is 57.7 Å². The van der Waals surface area contributed by atoms with Crippen molar-refractivity contribution in [1.29, 1.82) is 0 Å². The van der Waals surface area contributed by atoms with Gasteiger partial charge in [0, 0.05) is 32.5 Å². The summed E-state index contributed by atoms with van der Waals surface area (Å²) in [6.45, 7) is 4.08. The number of nitrogens with zero attached hydrogens (tertiary/aromatic N) is 4. The number of amides is 1. The van der Waals surface area contributed by atoms with Crippen LogP contribution in [0.2, 0.25) is 0 Å². The summed E-state index contributed by atoms with van der Waals surface area (Å²) in [6, 6.07) is 0.477. The van der Waals surface area contributed by atoms with Crippen molar-refractivity contribution in [2.24, 2.45) is 0 Å². The number of aromatic nitrogens is 3. The maximum atomic E-state index is 12.6. The van der Waals surface area contributed by atoms with Gasteiger partial charge in [0.1, 0.15) is 18.3 Å². The van der Waals surface area contributed by atoms with Gasteiger partial charge in [-0.1, -0.05) is 6.92 Å². The Balaban J connectivity index is 1.68. The fourth-order valence-corrected chi connectivity index (χ4v) is 3.69. The van der Waals surface area contributed by atoms with Crippen LogP contribution in [-0.4, -0.2) is 64.6 Å². The standard InChI is InChI=1S/C16H26N4O3/c1-3-4-14-17-18-15-9-12-5-6-13(10-19(14)15)20(12)16(21)11-23-8-7-22-2/h12-13H,3-11H2,1-2H3/t12-,13+/m0/s1. The molecular weight excluding hydrogens is 296 g/mol. The fourth-order valence-electron chi connectivity index (χ4n) is 3.69. The topological polar surface area (TPSA) is 69.5 Å². The van der Waals surface area contributed by atoms with E-state index in [1.165, 1.54) is 0 Å². The number of hydrogen-bond donors (Lipinski definition) is 0. The van der Waals surface area contributed by atoms with Crippen molar-refractivity contribution in [3.05, 3.63) is 11.6 Å². The Morgan fingerprint density at radius 2 is 2.09 bits per heavy atom. The average Bonchev–Trinajstić information content (AvgIpc) is 3.04. The van der Waals surface area contributed by atoms with E-state index in [9.17, 15) is 4.79 Å². The van der Waals surface area contributed by atoms with Crippen molar-refractivity contribution in [3.8, 4) is 0 Å². The molecule has 0 saturated carbocycles. The Morgan fingerprint density at radius 1 is 1.26 bits per heavy atom. The third-order valence-corrected chi connectivity index (χ3v) is 4.75. The van der Waals surface area contributed by atoms with Gasteiger partial charge >= 0.3 is 0 Å². The second-order valence-corrected chi connectivity index (χ2v) is 6.33. The summed E-state index contributed by atoms with van der Waals surface area (Å²) < 4.78 is 12.6. The summed E-state index contributed by atoms with van der Waals surface area (Å²) in [5.41, 5.74) is 0.